The van der Waals surface area contributed by atoms with Crippen LogP contribution >= 0.6 is 0 Å². The lowest BCUT2D eigenvalue weighted by molar-refractivity contribution is 0.197. The molecule has 28 heavy (non-hydrogen) atoms. The van der Waals surface area contributed by atoms with Crippen LogP contribution in [0.2, 0.25) is 0 Å². The van der Waals surface area contributed by atoms with Crippen molar-refractivity contribution in [1.82, 2.24) is 9.88 Å². The van der Waals surface area contributed by atoms with E-state index in [2.05, 4.69) is 20.5 Å². The Labute approximate surface area is 164 Å². The number of likely N-dealkylation sites (tertiary alicyclic amines) is 1. The molecule has 0 aliphatic carbocycles. The highest BCUT2D eigenvalue weighted by Gasteiger charge is 2.23. The van der Waals surface area contributed by atoms with Crippen LogP contribution in [0.5, 0.6) is 0 Å². The molecule has 0 atom stereocenters. The average molecular weight is 383 g/mol. The van der Waals surface area contributed by atoms with Crippen LogP contribution in [0.4, 0.5) is 26.4 Å². The number of halogens is 1. The van der Waals surface area contributed by atoms with Gasteiger partial charge in [-0.1, -0.05) is 0 Å². The molecule has 3 heterocycles. The number of rotatable bonds is 4. The van der Waals surface area contributed by atoms with Gasteiger partial charge in [0.2, 0.25) is 0 Å². The van der Waals surface area contributed by atoms with Gasteiger partial charge in [0.15, 0.2) is 0 Å². The van der Waals surface area contributed by atoms with E-state index in [1.807, 2.05) is 17.0 Å². The first-order valence-corrected chi connectivity index (χ1v) is 9.96. The van der Waals surface area contributed by atoms with E-state index in [0.29, 0.717) is 13.1 Å². The highest BCUT2D eigenvalue weighted by molar-refractivity contribution is 5.89. The smallest absolute Gasteiger partial charge is 0.321 e. The Morgan fingerprint density at radius 1 is 0.964 bits per heavy atom. The molecule has 0 radical (unpaired) electrons. The summed E-state index contributed by atoms with van der Waals surface area (Å²) in [5.41, 5.74) is 1.63. The number of hydrogen-bond acceptors (Lipinski definition) is 4. The van der Waals surface area contributed by atoms with Gasteiger partial charge in [0.25, 0.3) is 0 Å². The minimum Gasteiger partial charge on any atom is -0.382 e. The van der Waals surface area contributed by atoms with Gasteiger partial charge in [-0.05, 0) is 62.1 Å². The lowest BCUT2D eigenvalue weighted by Crippen LogP contribution is -2.44. The Bertz CT molecular complexity index is 781. The number of urea groups is 1. The number of nitrogens with zero attached hydrogens (tertiary/aromatic N) is 3. The summed E-state index contributed by atoms with van der Waals surface area (Å²) in [6, 6.07) is 10.5. The lowest BCUT2D eigenvalue weighted by Gasteiger charge is -2.33. The number of carbonyl (C=O) groups is 1. The van der Waals surface area contributed by atoms with E-state index in [1.165, 1.54) is 25.0 Å². The van der Waals surface area contributed by atoms with Crippen LogP contribution in [0.1, 0.15) is 25.7 Å². The van der Waals surface area contributed by atoms with Gasteiger partial charge in [-0.15, -0.1) is 0 Å². The predicted molar refractivity (Wildman–Crippen MR) is 109 cm³/mol. The van der Waals surface area contributed by atoms with Crippen molar-refractivity contribution in [3.05, 3.63) is 48.4 Å². The maximum atomic E-state index is 13.0. The first kappa shape index (κ1) is 18.5. The number of anilines is 3. The van der Waals surface area contributed by atoms with Crippen molar-refractivity contribution in [2.75, 3.05) is 41.7 Å². The predicted octanol–water partition coefficient (Wildman–Crippen LogP) is 3.93. The number of nitrogens with one attached hydrogen (secondary N) is 2. The number of amides is 2. The van der Waals surface area contributed by atoms with Crippen molar-refractivity contribution in [2.24, 2.45) is 0 Å². The van der Waals surface area contributed by atoms with E-state index in [4.69, 9.17) is 0 Å². The second-order valence-corrected chi connectivity index (χ2v) is 7.44. The summed E-state index contributed by atoms with van der Waals surface area (Å²) in [5, 5.41) is 6.35. The highest BCUT2D eigenvalue weighted by Crippen LogP contribution is 2.20. The molecule has 0 spiro atoms. The van der Waals surface area contributed by atoms with Crippen LogP contribution < -0.4 is 15.5 Å². The number of aromatic nitrogens is 1. The Kier molecular flexibility index (Phi) is 5.60. The van der Waals surface area contributed by atoms with Crippen molar-refractivity contribution in [3.8, 4) is 0 Å². The van der Waals surface area contributed by atoms with Crippen LogP contribution in [0, 0.1) is 5.82 Å². The minimum absolute atomic E-state index is 0.0871. The number of piperidine rings is 1. The maximum absolute atomic E-state index is 13.0. The zero-order chi connectivity index (χ0) is 19.3. The van der Waals surface area contributed by atoms with Crippen LogP contribution in [0.15, 0.2) is 42.6 Å². The summed E-state index contributed by atoms with van der Waals surface area (Å²) in [4.78, 5) is 21.1. The summed E-state index contributed by atoms with van der Waals surface area (Å²) in [6.07, 6.45) is 5.88. The third kappa shape index (κ3) is 4.52. The van der Waals surface area contributed by atoms with Gasteiger partial charge in [0.1, 0.15) is 11.6 Å². The average Bonchev–Trinajstić information content (AvgIpc) is 3.26. The second-order valence-electron chi connectivity index (χ2n) is 7.44. The van der Waals surface area contributed by atoms with E-state index in [1.54, 1.807) is 18.3 Å². The van der Waals surface area contributed by atoms with Gasteiger partial charge in [-0.3, -0.25) is 0 Å². The Morgan fingerprint density at radius 2 is 1.64 bits per heavy atom. The molecule has 148 valence electrons. The summed E-state index contributed by atoms with van der Waals surface area (Å²) in [5.74, 6) is 0.739. The standard InChI is InChI=1S/C21H26FN5O/c22-16-3-5-17(6-4-16)24-18-9-13-27(14-10-18)21(28)25-19-7-8-20(23-15-19)26-11-1-2-12-26/h3-8,15,18,24H,1-2,9-14H2,(H,25,28). The molecule has 2 saturated heterocycles. The van der Waals surface area contributed by atoms with Gasteiger partial charge in [-0.2, -0.15) is 0 Å². The molecule has 1 aromatic heterocycles. The number of hydrogen-bond donors (Lipinski definition) is 2. The molecule has 7 heteroatoms. The van der Waals surface area contributed by atoms with Gasteiger partial charge in [-0.25, -0.2) is 14.2 Å². The fourth-order valence-electron chi connectivity index (χ4n) is 3.80. The highest BCUT2D eigenvalue weighted by atomic mass is 19.1. The lowest BCUT2D eigenvalue weighted by atomic mass is 10.0. The van der Waals surface area contributed by atoms with Crippen molar-refractivity contribution >= 4 is 23.2 Å². The quantitative estimate of drug-likeness (QED) is 0.840. The molecule has 2 aromatic rings. The van der Waals surface area contributed by atoms with E-state index in [-0.39, 0.29) is 17.9 Å². The molecule has 0 unspecified atom stereocenters. The normalized spacial score (nSPS) is 17.6. The Morgan fingerprint density at radius 3 is 2.29 bits per heavy atom. The minimum atomic E-state index is -0.236. The third-order valence-electron chi connectivity index (χ3n) is 5.43. The number of carbonyl (C=O) groups excluding carboxylic acids is 1. The van der Waals surface area contributed by atoms with Crippen molar-refractivity contribution in [1.29, 1.82) is 0 Å². The molecular weight excluding hydrogens is 357 g/mol. The van der Waals surface area contributed by atoms with Crippen molar-refractivity contribution in [2.45, 2.75) is 31.7 Å². The monoisotopic (exact) mass is 383 g/mol. The third-order valence-corrected chi connectivity index (χ3v) is 5.43. The first-order valence-electron chi connectivity index (χ1n) is 9.96. The van der Waals surface area contributed by atoms with Gasteiger partial charge in [0.05, 0.1) is 11.9 Å². The summed E-state index contributed by atoms with van der Waals surface area (Å²) >= 11 is 0. The van der Waals surface area contributed by atoms with E-state index < -0.39 is 0 Å². The maximum Gasteiger partial charge on any atom is 0.321 e. The summed E-state index contributed by atoms with van der Waals surface area (Å²) in [6.45, 7) is 3.48. The molecule has 2 amide bonds. The molecule has 2 aliphatic heterocycles. The van der Waals surface area contributed by atoms with Crippen LogP contribution in [0.25, 0.3) is 0 Å². The van der Waals surface area contributed by atoms with Crippen LogP contribution in [0.3, 0.4) is 0 Å². The summed E-state index contributed by atoms with van der Waals surface area (Å²) in [7, 11) is 0. The number of benzene rings is 1. The van der Waals surface area contributed by atoms with Gasteiger partial charge in [0, 0.05) is 37.9 Å². The molecule has 0 bridgehead atoms. The van der Waals surface area contributed by atoms with Crippen molar-refractivity contribution in [3.63, 3.8) is 0 Å². The van der Waals surface area contributed by atoms with E-state index in [0.717, 1.165) is 43.1 Å². The summed E-state index contributed by atoms with van der Waals surface area (Å²) < 4.78 is 13.0. The second kappa shape index (κ2) is 8.46. The Hall–Kier alpha value is -2.83. The molecule has 2 N–H and O–H groups in total. The SMILES string of the molecule is O=C(Nc1ccc(N2CCCC2)nc1)N1CCC(Nc2ccc(F)cc2)CC1. The van der Waals surface area contributed by atoms with Crippen molar-refractivity contribution < 1.29 is 9.18 Å². The molecular formula is C21H26FN5O. The van der Waals surface area contributed by atoms with E-state index in [9.17, 15) is 9.18 Å². The van der Waals surface area contributed by atoms with E-state index >= 15 is 0 Å². The largest absolute Gasteiger partial charge is 0.382 e. The molecule has 6 nitrogen and oxygen atoms in total. The topological polar surface area (TPSA) is 60.5 Å². The fourth-order valence-corrected chi connectivity index (χ4v) is 3.80. The van der Waals surface area contributed by atoms with Gasteiger partial charge < -0.3 is 20.4 Å². The molecule has 0 saturated carbocycles. The van der Waals surface area contributed by atoms with Crippen LogP contribution in [-0.4, -0.2) is 48.1 Å². The molecule has 4 rings (SSSR count). The van der Waals surface area contributed by atoms with Gasteiger partial charge >= 0.3 is 6.03 Å². The van der Waals surface area contributed by atoms with Crippen LogP contribution in [-0.2, 0) is 0 Å². The zero-order valence-electron chi connectivity index (χ0n) is 15.9. The number of pyridine rings is 1. The first-order chi connectivity index (χ1) is 13.7. The molecule has 2 aliphatic rings. The molecule has 1 aromatic carbocycles. The zero-order valence-corrected chi connectivity index (χ0v) is 15.9. The molecule has 2 fully saturated rings. The Balaban J connectivity index is 1.25. The fraction of sp³-hybridized carbons (Fsp3) is 0.429.